The molecule has 0 aromatic carbocycles. The minimum Gasteiger partial charge on any atom is -0.361 e. The number of allylic oxidation sites excluding steroid dienone is 1. The van der Waals surface area contributed by atoms with E-state index in [0.29, 0.717) is 6.54 Å². The van der Waals surface area contributed by atoms with Crippen LogP contribution in [0.5, 0.6) is 0 Å². The topological polar surface area (TPSA) is 56.7 Å². The minimum atomic E-state index is -0.266. The molecule has 0 N–H and O–H groups in total. The number of carbonyl (C=O) groups excluding carboxylic acids is 1. The van der Waals surface area contributed by atoms with Crippen LogP contribution in [0, 0.1) is 0 Å². The molecule has 0 saturated heterocycles. The average molecular weight is 223 g/mol. The smallest absolute Gasteiger partial charge is 0.344 e. The van der Waals surface area contributed by atoms with Crippen LogP contribution in [-0.4, -0.2) is 33.9 Å². The fraction of sp³-hybridized carbons (Fsp3) is 0.667. The van der Waals surface area contributed by atoms with Gasteiger partial charge in [-0.25, -0.2) is 0 Å². The van der Waals surface area contributed by atoms with Gasteiger partial charge in [0.15, 0.2) is 0 Å². The number of nitrogens with zero attached hydrogens (tertiary/aromatic N) is 3. The van der Waals surface area contributed by atoms with Crippen LogP contribution in [0.4, 0.5) is 0 Å². The van der Waals surface area contributed by atoms with E-state index in [1.165, 1.54) is 0 Å². The highest BCUT2D eigenvalue weighted by Gasteiger charge is 2.26. The lowest BCUT2D eigenvalue weighted by atomic mass is 10.1. The number of rotatable bonds is 5. The summed E-state index contributed by atoms with van der Waals surface area (Å²) in [4.78, 5) is 16.1. The largest absolute Gasteiger partial charge is 0.361 e. The summed E-state index contributed by atoms with van der Waals surface area (Å²) in [7, 11) is 0. The van der Waals surface area contributed by atoms with E-state index in [0.717, 1.165) is 19.1 Å². The molecule has 0 aromatic rings. The number of amides is 1. The summed E-state index contributed by atoms with van der Waals surface area (Å²) in [5, 5.41) is 0. The van der Waals surface area contributed by atoms with Crippen LogP contribution < -0.4 is 0 Å². The van der Waals surface area contributed by atoms with Crippen molar-refractivity contribution in [3.63, 3.8) is 0 Å². The summed E-state index contributed by atoms with van der Waals surface area (Å²) in [6, 6.07) is 0. The number of hydrogen-bond donors (Lipinski definition) is 0. The number of hydrogen-bond acceptors (Lipinski definition) is 1. The van der Waals surface area contributed by atoms with Gasteiger partial charge in [-0.1, -0.05) is 19.1 Å². The van der Waals surface area contributed by atoms with Gasteiger partial charge in [0, 0.05) is 12.1 Å². The third kappa shape index (κ3) is 5.47. The van der Waals surface area contributed by atoms with Crippen LogP contribution >= 0.6 is 0 Å². The van der Waals surface area contributed by atoms with Crippen molar-refractivity contribution >= 4 is 12.1 Å². The Kier molecular flexibility index (Phi) is 6.35. The minimum absolute atomic E-state index is 0.264. The molecule has 0 radical (unpaired) electrons. The molecule has 16 heavy (non-hydrogen) atoms. The second-order valence-electron chi connectivity index (χ2n) is 4.57. The maximum atomic E-state index is 11.6. The molecule has 0 bridgehead atoms. The molecule has 0 aliphatic rings. The summed E-state index contributed by atoms with van der Waals surface area (Å²) < 4.78 is 0. The molecule has 0 fully saturated rings. The highest BCUT2D eigenvalue weighted by atomic mass is 16.2. The van der Waals surface area contributed by atoms with Crippen LogP contribution in [0.25, 0.3) is 5.53 Å². The number of carbonyl (C=O) groups is 1. The lowest BCUT2D eigenvalue weighted by Crippen LogP contribution is -2.46. The van der Waals surface area contributed by atoms with E-state index in [9.17, 15) is 4.79 Å². The fourth-order valence-electron chi connectivity index (χ4n) is 1.38. The van der Waals surface area contributed by atoms with Gasteiger partial charge in [0.1, 0.15) is 0 Å². The summed E-state index contributed by atoms with van der Waals surface area (Å²) in [6.07, 6.45) is 6.89. The molecule has 0 heterocycles. The zero-order chi connectivity index (χ0) is 12.6. The van der Waals surface area contributed by atoms with Gasteiger partial charge in [-0.15, -0.1) is 0 Å². The second kappa shape index (κ2) is 6.96. The van der Waals surface area contributed by atoms with Crippen molar-refractivity contribution in [3.05, 3.63) is 17.7 Å². The van der Waals surface area contributed by atoms with Crippen molar-refractivity contribution in [2.75, 3.05) is 6.54 Å². The zero-order valence-corrected chi connectivity index (χ0v) is 10.6. The molecule has 0 aromatic heterocycles. The van der Waals surface area contributed by atoms with Gasteiger partial charge in [-0.3, -0.25) is 4.79 Å². The van der Waals surface area contributed by atoms with Gasteiger partial charge in [-0.05, 0) is 33.6 Å². The SMILES string of the molecule is CC/C=C\CCN(C(=O)C=[N+]=[N-])C(C)(C)C. The van der Waals surface area contributed by atoms with E-state index >= 15 is 0 Å². The first-order valence-corrected chi connectivity index (χ1v) is 5.57. The van der Waals surface area contributed by atoms with E-state index in [2.05, 4.69) is 23.9 Å². The van der Waals surface area contributed by atoms with Crippen LogP contribution in [0.1, 0.15) is 40.5 Å². The van der Waals surface area contributed by atoms with Crippen molar-refractivity contribution in [2.24, 2.45) is 0 Å². The normalized spacial score (nSPS) is 11.2. The second-order valence-corrected chi connectivity index (χ2v) is 4.57. The predicted molar refractivity (Wildman–Crippen MR) is 65.2 cm³/mol. The van der Waals surface area contributed by atoms with Crippen LogP contribution in [0.2, 0.25) is 0 Å². The van der Waals surface area contributed by atoms with E-state index in [1.807, 2.05) is 20.8 Å². The molecule has 4 nitrogen and oxygen atoms in total. The van der Waals surface area contributed by atoms with Crippen molar-refractivity contribution in [2.45, 2.75) is 46.1 Å². The zero-order valence-electron chi connectivity index (χ0n) is 10.6. The predicted octanol–water partition coefficient (Wildman–Crippen LogP) is 2.27. The van der Waals surface area contributed by atoms with Crippen molar-refractivity contribution in [1.82, 2.24) is 4.90 Å². The molecule has 0 rings (SSSR count). The molecule has 0 aliphatic carbocycles. The van der Waals surface area contributed by atoms with Crippen molar-refractivity contribution in [3.8, 4) is 0 Å². The highest BCUT2D eigenvalue weighted by Crippen LogP contribution is 2.13. The van der Waals surface area contributed by atoms with E-state index in [-0.39, 0.29) is 11.4 Å². The fourth-order valence-corrected chi connectivity index (χ4v) is 1.38. The first kappa shape index (κ1) is 14.6. The van der Waals surface area contributed by atoms with Crippen molar-refractivity contribution < 1.29 is 9.58 Å². The lowest BCUT2D eigenvalue weighted by Gasteiger charge is -2.33. The highest BCUT2D eigenvalue weighted by molar-refractivity contribution is 6.24. The Hall–Kier alpha value is -1.41. The van der Waals surface area contributed by atoms with E-state index < -0.39 is 0 Å². The molecule has 0 aliphatic heterocycles. The Morgan fingerprint density at radius 1 is 1.38 bits per heavy atom. The maximum Gasteiger partial charge on any atom is 0.344 e. The Labute approximate surface area is 97.6 Å². The summed E-state index contributed by atoms with van der Waals surface area (Å²) in [6.45, 7) is 8.57. The van der Waals surface area contributed by atoms with Gasteiger partial charge < -0.3 is 10.4 Å². The van der Waals surface area contributed by atoms with Gasteiger partial charge in [0.2, 0.25) is 0 Å². The van der Waals surface area contributed by atoms with Crippen LogP contribution in [0.3, 0.4) is 0 Å². The van der Waals surface area contributed by atoms with Crippen molar-refractivity contribution in [1.29, 1.82) is 0 Å². The Morgan fingerprint density at radius 2 is 2.00 bits per heavy atom. The van der Waals surface area contributed by atoms with E-state index in [4.69, 9.17) is 5.53 Å². The van der Waals surface area contributed by atoms with Crippen LogP contribution in [-0.2, 0) is 4.79 Å². The molecular formula is C12H21N3O. The Morgan fingerprint density at radius 3 is 2.44 bits per heavy atom. The molecule has 1 amide bonds. The van der Waals surface area contributed by atoms with Gasteiger partial charge in [0.25, 0.3) is 0 Å². The summed E-state index contributed by atoms with van der Waals surface area (Å²) >= 11 is 0. The van der Waals surface area contributed by atoms with Gasteiger partial charge in [-0.2, -0.15) is 4.79 Å². The molecule has 0 spiro atoms. The quantitative estimate of drug-likeness (QED) is 0.305. The van der Waals surface area contributed by atoms with Gasteiger partial charge in [0.05, 0.1) is 0 Å². The summed E-state index contributed by atoms with van der Waals surface area (Å²) in [5.74, 6) is -0.264. The third-order valence-corrected chi connectivity index (χ3v) is 2.17. The lowest BCUT2D eigenvalue weighted by molar-refractivity contribution is -0.131. The first-order valence-electron chi connectivity index (χ1n) is 5.57. The molecule has 90 valence electrons. The third-order valence-electron chi connectivity index (χ3n) is 2.17. The monoisotopic (exact) mass is 223 g/mol. The first-order chi connectivity index (χ1) is 7.43. The Bertz CT molecular complexity index is 296. The summed E-state index contributed by atoms with van der Waals surface area (Å²) in [5.41, 5.74) is 8.10. The maximum absolute atomic E-state index is 11.6. The molecule has 0 unspecified atom stereocenters. The average Bonchev–Trinajstić information content (AvgIpc) is 2.16. The molecule has 0 atom stereocenters. The van der Waals surface area contributed by atoms with Gasteiger partial charge >= 0.3 is 12.1 Å². The molecule has 0 saturated carbocycles. The molecular weight excluding hydrogens is 202 g/mol. The standard InChI is InChI=1S/C12H21N3O/c1-5-6-7-8-9-15(12(2,3)4)11(16)10-14-13/h6-7,10H,5,8-9H2,1-4H3/b7-6-. The van der Waals surface area contributed by atoms with Crippen LogP contribution in [0.15, 0.2) is 12.2 Å². The Balaban J connectivity index is 4.51. The molecule has 4 heteroatoms. The van der Waals surface area contributed by atoms with E-state index in [1.54, 1.807) is 4.90 Å².